The average molecular weight is 422 g/mol. The third kappa shape index (κ3) is 3.67. The molecule has 0 saturated heterocycles. The summed E-state index contributed by atoms with van der Waals surface area (Å²) >= 11 is 0. The largest absolute Gasteiger partial charge is 0.345 e. The molecule has 2 aromatic heterocycles. The van der Waals surface area contributed by atoms with Crippen LogP contribution in [0.3, 0.4) is 0 Å². The molecule has 0 saturated carbocycles. The van der Waals surface area contributed by atoms with Crippen molar-refractivity contribution in [3.05, 3.63) is 102 Å². The highest BCUT2D eigenvalue weighted by Gasteiger charge is 2.19. The highest BCUT2D eigenvalue weighted by molar-refractivity contribution is 5.99. The molecule has 158 valence electrons. The molecule has 0 aliphatic rings. The fraction of sp³-hybridized carbons (Fsp3) is 0.115. The van der Waals surface area contributed by atoms with Crippen LogP contribution in [-0.4, -0.2) is 25.2 Å². The van der Waals surface area contributed by atoms with Gasteiger partial charge in [-0.05, 0) is 31.2 Å². The molecule has 0 fully saturated rings. The summed E-state index contributed by atoms with van der Waals surface area (Å²) in [4.78, 5) is 17.9. The van der Waals surface area contributed by atoms with Crippen molar-refractivity contribution in [1.29, 1.82) is 0 Å². The molecule has 1 N–H and O–H groups in total. The van der Waals surface area contributed by atoms with E-state index in [1.807, 2.05) is 97.4 Å². The van der Waals surface area contributed by atoms with Crippen molar-refractivity contribution in [3.8, 4) is 16.9 Å². The van der Waals surface area contributed by atoms with Gasteiger partial charge in [0.15, 0.2) is 0 Å². The van der Waals surface area contributed by atoms with Crippen molar-refractivity contribution in [3.63, 3.8) is 0 Å². The second-order valence-electron chi connectivity index (χ2n) is 7.80. The van der Waals surface area contributed by atoms with Gasteiger partial charge in [-0.1, -0.05) is 60.2 Å². The number of carbonyl (C=O) groups excluding carboxylic acids is 1. The molecule has 5 rings (SSSR count). The van der Waals surface area contributed by atoms with Crippen LogP contribution in [0.15, 0.2) is 85.1 Å². The number of hydrogen-bond donors (Lipinski definition) is 1. The third-order valence-electron chi connectivity index (χ3n) is 5.59. The van der Waals surface area contributed by atoms with Crippen LogP contribution in [0.2, 0.25) is 0 Å². The average Bonchev–Trinajstić information content (AvgIpc) is 3.41. The molecule has 0 aliphatic heterocycles. The van der Waals surface area contributed by atoms with Crippen molar-refractivity contribution < 1.29 is 4.79 Å². The zero-order valence-corrected chi connectivity index (χ0v) is 18.0. The molecule has 5 aromatic rings. The van der Waals surface area contributed by atoms with Crippen molar-refractivity contribution >= 4 is 16.9 Å². The zero-order valence-electron chi connectivity index (χ0n) is 18.0. The molecule has 0 spiro atoms. The summed E-state index contributed by atoms with van der Waals surface area (Å²) in [7, 11) is 1.96. The Labute approximate surface area is 186 Å². The highest BCUT2D eigenvalue weighted by Crippen LogP contribution is 2.24. The Morgan fingerprint density at radius 2 is 1.66 bits per heavy atom. The molecule has 0 bridgehead atoms. The Morgan fingerprint density at radius 1 is 0.938 bits per heavy atom. The molecule has 2 heterocycles. The molecule has 0 atom stereocenters. The minimum Gasteiger partial charge on any atom is -0.345 e. The maximum absolute atomic E-state index is 13.2. The fourth-order valence-electron chi connectivity index (χ4n) is 3.79. The summed E-state index contributed by atoms with van der Waals surface area (Å²) in [6, 6.07) is 25.8. The lowest BCUT2D eigenvalue weighted by atomic mass is 10.1. The van der Waals surface area contributed by atoms with E-state index in [0.717, 1.165) is 28.1 Å². The first kappa shape index (κ1) is 19.8. The van der Waals surface area contributed by atoms with E-state index < -0.39 is 0 Å². The van der Waals surface area contributed by atoms with Crippen molar-refractivity contribution in [2.75, 3.05) is 0 Å². The predicted molar refractivity (Wildman–Crippen MR) is 126 cm³/mol. The van der Waals surface area contributed by atoms with Crippen molar-refractivity contribution in [2.24, 2.45) is 7.05 Å². The SMILES string of the molecule is Cc1ccc(-n2cc(C(=O)NCc3nc4ccccc4n3C)c(-c3ccccc3)n2)cc1. The first-order valence-corrected chi connectivity index (χ1v) is 10.5. The van der Waals surface area contributed by atoms with Gasteiger partial charge in [-0.3, -0.25) is 4.79 Å². The maximum Gasteiger partial charge on any atom is 0.255 e. The molecule has 3 aromatic carbocycles. The van der Waals surface area contributed by atoms with Crippen LogP contribution in [0.25, 0.3) is 28.0 Å². The molecule has 6 heteroatoms. The summed E-state index contributed by atoms with van der Waals surface area (Å²) in [5.74, 6) is 0.612. The smallest absolute Gasteiger partial charge is 0.255 e. The second kappa shape index (κ2) is 8.15. The second-order valence-corrected chi connectivity index (χ2v) is 7.80. The summed E-state index contributed by atoms with van der Waals surface area (Å²) < 4.78 is 3.76. The van der Waals surface area contributed by atoms with E-state index in [1.54, 1.807) is 10.9 Å². The normalized spacial score (nSPS) is 11.1. The fourth-order valence-corrected chi connectivity index (χ4v) is 3.79. The molecule has 6 nitrogen and oxygen atoms in total. The molecular formula is C26H23N5O. The van der Waals surface area contributed by atoms with E-state index in [0.29, 0.717) is 17.8 Å². The Morgan fingerprint density at radius 3 is 2.41 bits per heavy atom. The predicted octanol–water partition coefficient (Wildman–Crippen LogP) is 4.66. The van der Waals surface area contributed by atoms with Crippen LogP contribution in [0, 0.1) is 6.92 Å². The van der Waals surface area contributed by atoms with Gasteiger partial charge < -0.3 is 9.88 Å². The lowest BCUT2D eigenvalue weighted by molar-refractivity contribution is 0.0950. The summed E-state index contributed by atoms with van der Waals surface area (Å²) in [6.07, 6.45) is 1.79. The minimum atomic E-state index is -0.186. The van der Waals surface area contributed by atoms with Crippen LogP contribution in [-0.2, 0) is 13.6 Å². The molecule has 1 amide bonds. The number of fused-ring (bicyclic) bond motifs is 1. The van der Waals surface area contributed by atoms with E-state index in [2.05, 4.69) is 10.3 Å². The highest BCUT2D eigenvalue weighted by atomic mass is 16.1. The first-order chi connectivity index (χ1) is 15.6. The number of hydrogen-bond acceptors (Lipinski definition) is 3. The molecular weight excluding hydrogens is 398 g/mol. The number of aromatic nitrogens is 4. The number of aryl methyl sites for hydroxylation is 2. The van der Waals surface area contributed by atoms with E-state index in [4.69, 9.17) is 5.10 Å². The van der Waals surface area contributed by atoms with Gasteiger partial charge in [0.1, 0.15) is 11.5 Å². The topological polar surface area (TPSA) is 64.7 Å². The molecule has 32 heavy (non-hydrogen) atoms. The Hall–Kier alpha value is -4.19. The van der Waals surface area contributed by atoms with E-state index in [-0.39, 0.29) is 5.91 Å². The van der Waals surface area contributed by atoms with Crippen molar-refractivity contribution in [2.45, 2.75) is 13.5 Å². The van der Waals surface area contributed by atoms with Crippen LogP contribution < -0.4 is 5.32 Å². The van der Waals surface area contributed by atoms with E-state index in [9.17, 15) is 4.79 Å². The first-order valence-electron chi connectivity index (χ1n) is 10.5. The number of para-hydroxylation sites is 2. The van der Waals surface area contributed by atoms with E-state index >= 15 is 0 Å². The zero-order chi connectivity index (χ0) is 22.1. The lowest BCUT2D eigenvalue weighted by Crippen LogP contribution is -2.24. The lowest BCUT2D eigenvalue weighted by Gasteiger charge is -2.06. The Bertz CT molecular complexity index is 1400. The molecule has 0 radical (unpaired) electrons. The monoisotopic (exact) mass is 421 g/mol. The van der Waals surface area contributed by atoms with Gasteiger partial charge in [-0.25, -0.2) is 9.67 Å². The minimum absolute atomic E-state index is 0.186. The maximum atomic E-state index is 13.2. The van der Waals surface area contributed by atoms with Gasteiger partial charge in [-0.2, -0.15) is 5.10 Å². The Balaban J connectivity index is 1.47. The summed E-state index contributed by atoms with van der Waals surface area (Å²) in [5.41, 5.74) is 6.09. The summed E-state index contributed by atoms with van der Waals surface area (Å²) in [6.45, 7) is 2.37. The van der Waals surface area contributed by atoms with Gasteiger partial charge in [0, 0.05) is 18.8 Å². The van der Waals surface area contributed by atoms with E-state index in [1.165, 1.54) is 5.56 Å². The van der Waals surface area contributed by atoms with Gasteiger partial charge in [-0.15, -0.1) is 0 Å². The number of amides is 1. The van der Waals surface area contributed by atoms with Gasteiger partial charge in [0.2, 0.25) is 0 Å². The standard InChI is InChI=1S/C26H23N5O/c1-18-12-14-20(15-13-18)31-17-21(25(29-31)19-8-4-3-5-9-19)26(32)27-16-24-28-22-10-6-7-11-23(22)30(24)2/h3-15,17H,16H2,1-2H3,(H,27,32). The molecule has 0 aliphatic carbocycles. The third-order valence-corrected chi connectivity index (χ3v) is 5.59. The van der Waals surface area contributed by atoms with Gasteiger partial charge in [0.05, 0.1) is 28.8 Å². The Kier molecular flexibility index (Phi) is 5.03. The number of imidazole rings is 1. The molecule has 0 unspecified atom stereocenters. The number of carbonyl (C=O) groups is 1. The van der Waals surface area contributed by atoms with Gasteiger partial charge >= 0.3 is 0 Å². The number of nitrogens with zero attached hydrogens (tertiary/aromatic N) is 4. The number of benzene rings is 3. The summed E-state index contributed by atoms with van der Waals surface area (Å²) in [5, 5.41) is 7.77. The van der Waals surface area contributed by atoms with Crippen molar-refractivity contribution in [1.82, 2.24) is 24.6 Å². The van der Waals surface area contributed by atoms with Gasteiger partial charge in [0.25, 0.3) is 5.91 Å². The number of nitrogens with one attached hydrogen (secondary N) is 1. The van der Waals surface area contributed by atoms with Crippen LogP contribution in [0.4, 0.5) is 0 Å². The number of rotatable bonds is 5. The van der Waals surface area contributed by atoms with Crippen LogP contribution in [0.5, 0.6) is 0 Å². The quantitative estimate of drug-likeness (QED) is 0.449. The van der Waals surface area contributed by atoms with Crippen LogP contribution in [0.1, 0.15) is 21.7 Å². The van der Waals surface area contributed by atoms with Crippen LogP contribution >= 0.6 is 0 Å².